The van der Waals surface area contributed by atoms with Gasteiger partial charge < -0.3 is 65.1 Å². The normalized spacial score (nSPS) is 25.5. The Bertz CT molecular complexity index is 1770. The van der Waals surface area contributed by atoms with E-state index in [1.165, 1.54) is 44.9 Å². The number of allylic oxidation sites excluding steroid dienone is 19. The molecule has 9 N–H and O–H groups in total. The van der Waals surface area contributed by atoms with Crippen molar-refractivity contribution in [1.82, 2.24) is 5.32 Å². The Kier molecular flexibility index (Phi) is 43.5. The van der Waals surface area contributed by atoms with E-state index in [4.69, 9.17) is 18.9 Å². The maximum Gasteiger partial charge on any atom is 0.220 e. The Balaban J connectivity index is 1.73. The Hall–Kier alpha value is -3.61. The van der Waals surface area contributed by atoms with Crippen LogP contribution in [0.4, 0.5) is 0 Å². The number of amides is 1. The molecule has 2 saturated heterocycles. The fourth-order valence-corrected chi connectivity index (χ4v) is 8.85. The predicted molar refractivity (Wildman–Crippen MR) is 313 cm³/mol. The van der Waals surface area contributed by atoms with E-state index in [2.05, 4.69) is 129 Å². The summed E-state index contributed by atoms with van der Waals surface area (Å²) in [6.45, 7) is 2.61. The summed E-state index contributed by atoms with van der Waals surface area (Å²) in [4.78, 5) is 13.2. The van der Waals surface area contributed by atoms with E-state index in [9.17, 15) is 45.6 Å². The van der Waals surface area contributed by atoms with Gasteiger partial charge in [0.2, 0.25) is 5.91 Å². The zero-order valence-corrected chi connectivity index (χ0v) is 47.6. The van der Waals surface area contributed by atoms with Crippen LogP contribution >= 0.6 is 0 Å². The minimum absolute atomic E-state index is 0.248. The molecule has 2 heterocycles. The van der Waals surface area contributed by atoms with Crippen LogP contribution in [0.25, 0.3) is 0 Å². The third-order valence-electron chi connectivity index (χ3n) is 13.6. The maximum atomic E-state index is 13.2. The van der Waals surface area contributed by atoms with Gasteiger partial charge in [-0.15, -0.1) is 0 Å². The lowest BCUT2D eigenvalue weighted by Gasteiger charge is -2.46. The van der Waals surface area contributed by atoms with Crippen LogP contribution in [0.15, 0.2) is 122 Å². The number of carbonyl (C=O) groups excluding carboxylic acids is 1. The molecule has 14 heteroatoms. The number of aliphatic hydroxyl groups excluding tert-OH is 8. The maximum absolute atomic E-state index is 13.2. The molecule has 0 aliphatic carbocycles. The molecular weight excluding hydrogens is 991 g/mol. The van der Waals surface area contributed by atoms with Gasteiger partial charge in [0.05, 0.1) is 32.0 Å². The number of hydrogen-bond acceptors (Lipinski definition) is 13. The molecule has 0 bridgehead atoms. The summed E-state index contributed by atoms with van der Waals surface area (Å²) in [6.07, 6.45) is 52.4. The summed E-state index contributed by atoms with van der Waals surface area (Å²) in [5, 5.41) is 86.9. The average molecular weight is 1100 g/mol. The number of aliphatic hydroxyl groups is 8. The molecular formula is C64H105NO13. The van der Waals surface area contributed by atoms with E-state index < -0.39 is 86.8 Å². The third-order valence-corrected chi connectivity index (χ3v) is 13.6. The summed E-state index contributed by atoms with van der Waals surface area (Å²) in [5.41, 5.74) is 0. The van der Waals surface area contributed by atoms with Gasteiger partial charge in [0, 0.05) is 6.42 Å². The van der Waals surface area contributed by atoms with Crippen molar-refractivity contribution in [3.8, 4) is 0 Å². The van der Waals surface area contributed by atoms with E-state index in [1.807, 2.05) is 6.08 Å². The van der Waals surface area contributed by atoms with Gasteiger partial charge in [0.25, 0.3) is 0 Å². The van der Waals surface area contributed by atoms with E-state index in [0.717, 1.165) is 103 Å². The second kappa shape index (κ2) is 48.1. The van der Waals surface area contributed by atoms with Gasteiger partial charge in [0.1, 0.15) is 48.8 Å². The number of hydrogen-bond donors (Lipinski definition) is 9. The van der Waals surface area contributed by atoms with Crippen molar-refractivity contribution in [1.29, 1.82) is 0 Å². The molecule has 14 nitrogen and oxygen atoms in total. The second-order valence-electron chi connectivity index (χ2n) is 20.4. The molecule has 12 atom stereocenters. The molecule has 12 unspecified atom stereocenters. The quantitative estimate of drug-likeness (QED) is 0.0205. The molecule has 0 aromatic heterocycles. The van der Waals surface area contributed by atoms with Crippen LogP contribution in [-0.4, -0.2) is 140 Å². The highest BCUT2D eigenvalue weighted by molar-refractivity contribution is 5.76. The van der Waals surface area contributed by atoms with Crippen LogP contribution < -0.4 is 5.32 Å². The molecule has 0 radical (unpaired) electrons. The highest BCUT2D eigenvalue weighted by atomic mass is 16.7. The summed E-state index contributed by atoms with van der Waals surface area (Å²) >= 11 is 0. The number of ether oxygens (including phenoxy) is 4. The van der Waals surface area contributed by atoms with Gasteiger partial charge in [-0.3, -0.25) is 4.79 Å². The van der Waals surface area contributed by atoms with Crippen LogP contribution in [0.1, 0.15) is 181 Å². The first-order chi connectivity index (χ1) is 38.1. The topological polar surface area (TPSA) is 228 Å². The Labute approximate surface area is 469 Å². The van der Waals surface area contributed by atoms with Gasteiger partial charge in [-0.1, -0.05) is 200 Å². The van der Waals surface area contributed by atoms with Crippen LogP contribution in [0, 0.1) is 0 Å². The molecule has 0 spiro atoms. The van der Waals surface area contributed by atoms with Crippen molar-refractivity contribution < 1.29 is 64.6 Å². The van der Waals surface area contributed by atoms with Gasteiger partial charge in [-0.05, 0) is 96.3 Å². The molecule has 0 aromatic rings. The van der Waals surface area contributed by atoms with Crippen molar-refractivity contribution in [2.45, 2.75) is 254 Å². The van der Waals surface area contributed by atoms with Gasteiger partial charge in [-0.25, -0.2) is 0 Å². The number of nitrogens with one attached hydrogen (secondary N) is 1. The van der Waals surface area contributed by atoms with Crippen molar-refractivity contribution in [3.05, 3.63) is 122 Å². The first-order valence-corrected chi connectivity index (χ1v) is 29.8. The first kappa shape index (κ1) is 70.5. The van der Waals surface area contributed by atoms with Crippen LogP contribution in [0.5, 0.6) is 0 Å². The average Bonchev–Trinajstić information content (AvgIpc) is 3.47. The molecule has 0 saturated carbocycles. The van der Waals surface area contributed by atoms with Crippen molar-refractivity contribution in [3.63, 3.8) is 0 Å². The molecule has 2 aliphatic rings. The molecule has 444 valence electrons. The van der Waals surface area contributed by atoms with Crippen LogP contribution in [0.2, 0.25) is 0 Å². The molecule has 78 heavy (non-hydrogen) atoms. The fraction of sp³-hybridized carbons (Fsp3) is 0.672. The Morgan fingerprint density at radius 1 is 0.474 bits per heavy atom. The smallest absolute Gasteiger partial charge is 0.220 e. The van der Waals surface area contributed by atoms with Crippen molar-refractivity contribution in [2.75, 3.05) is 19.8 Å². The molecule has 2 rings (SSSR count). The van der Waals surface area contributed by atoms with Crippen LogP contribution in [0.3, 0.4) is 0 Å². The lowest BCUT2D eigenvalue weighted by atomic mass is 9.97. The standard InChI is InChI=1S/C64H105NO13/c1-3-5-7-9-11-13-15-17-18-19-20-21-22-23-24-25-26-27-28-29-30-31-32-33-34-36-38-40-42-44-46-48-56(69)65-52(53(68)47-45-43-41-39-37-35-16-14-12-10-8-6-4-2)51-75-63-61(74)59(72)62(55(50-67)77-63)78-64-60(73)58(71)57(70)54(49-66)76-64/h5,7,11,13,17-18,20-21,23-24,26-27,29-30,32-33,37,39,45,47,52-55,57-64,66-68,70-74H,3-4,6,8-10,12,14-16,19,22,25,28,31,34-36,38,40-44,46,48-51H2,1-2H3,(H,65,69)/b7-5-,13-11-,18-17-,21-20-,24-23-,27-26-,30-29-,33-32-,39-37+,47-45+. The Morgan fingerprint density at radius 2 is 0.897 bits per heavy atom. The van der Waals surface area contributed by atoms with Gasteiger partial charge in [0.15, 0.2) is 12.6 Å². The molecule has 2 fully saturated rings. The van der Waals surface area contributed by atoms with E-state index in [-0.39, 0.29) is 18.9 Å². The minimum Gasteiger partial charge on any atom is -0.394 e. The van der Waals surface area contributed by atoms with E-state index >= 15 is 0 Å². The van der Waals surface area contributed by atoms with Crippen molar-refractivity contribution >= 4 is 5.91 Å². The zero-order chi connectivity index (χ0) is 56.7. The van der Waals surface area contributed by atoms with E-state index in [1.54, 1.807) is 6.08 Å². The Morgan fingerprint density at radius 3 is 1.41 bits per heavy atom. The SMILES string of the molecule is CC/C=C\C/C=C\C/C=C\C/C=C\C/C=C\C/C=C\C/C=C\C/C=C\CCCCCCCCC(=O)NC(COC1OC(CO)C(OC2OC(CO)C(O)C(O)C2O)C(O)C1O)C(O)/C=C/CC/C=C/CCCCCCCCC. The fourth-order valence-electron chi connectivity index (χ4n) is 8.85. The van der Waals surface area contributed by atoms with Gasteiger partial charge >= 0.3 is 0 Å². The lowest BCUT2D eigenvalue weighted by Crippen LogP contribution is -2.65. The summed E-state index contributed by atoms with van der Waals surface area (Å²) in [7, 11) is 0. The van der Waals surface area contributed by atoms with Gasteiger partial charge in [-0.2, -0.15) is 0 Å². The highest BCUT2D eigenvalue weighted by Crippen LogP contribution is 2.30. The lowest BCUT2D eigenvalue weighted by molar-refractivity contribution is -0.359. The van der Waals surface area contributed by atoms with Crippen LogP contribution in [-0.2, 0) is 23.7 Å². The summed E-state index contributed by atoms with van der Waals surface area (Å²) in [5.74, 6) is -0.271. The number of unbranched alkanes of at least 4 members (excludes halogenated alkanes) is 14. The second-order valence-corrected chi connectivity index (χ2v) is 20.4. The summed E-state index contributed by atoms with van der Waals surface area (Å²) in [6, 6.07) is -0.948. The largest absolute Gasteiger partial charge is 0.394 e. The minimum atomic E-state index is -1.80. The number of carbonyl (C=O) groups is 1. The predicted octanol–water partition coefficient (Wildman–Crippen LogP) is 10.2. The highest BCUT2D eigenvalue weighted by Gasteiger charge is 2.51. The van der Waals surface area contributed by atoms with E-state index in [0.29, 0.717) is 12.8 Å². The third kappa shape index (κ3) is 33.2. The molecule has 2 aliphatic heterocycles. The zero-order valence-electron chi connectivity index (χ0n) is 47.6. The monoisotopic (exact) mass is 1100 g/mol. The van der Waals surface area contributed by atoms with Crippen molar-refractivity contribution in [2.24, 2.45) is 0 Å². The summed E-state index contributed by atoms with van der Waals surface area (Å²) < 4.78 is 22.7. The molecule has 0 aromatic carbocycles. The number of rotatable bonds is 45. The first-order valence-electron chi connectivity index (χ1n) is 29.8. The molecule has 1 amide bonds.